The van der Waals surface area contributed by atoms with Gasteiger partial charge in [-0.25, -0.2) is 0 Å². The van der Waals surface area contributed by atoms with Crippen LogP contribution in [0, 0.1) is 17.8 Å². The number of aliphatic hydroxyl groups is 1. The van der Waals surface area contributed by atoms with Gasteiger partial charge in [0.25, 0.3) is 0 Å². The minimum Gasteiger partial charge on any atom is -0.390 e. The number of piperazine rings is 1. The lowest BCUT2D eigenvalue weighted by Gasteiger charge is -2.45. The fourth-order valence-electron chi connectivity index (χ4n) is 7.95. The lowest BCUT2D eigenvalue weighted by atomic mass is 9.74. The summed E-state index contributed by atoms with van der Waals surface area (Å²) in [4.78, 5) is 18.3. The van der Waals surface area contributed by atoms with Gasteiger partial charge < -0.3 is 30.1 Å². The molecule has 4 heterocycles. The molecule has 11 heteroatoms. The van der Waals surface area contributed by atoms with Crippen molar-refractivity contribution in [1.29, 1.82) is 0 Å². The average molecular weight is 578 g/mol. The number of hydrogen-bond donors (Lipinski definition) is 6. The number of hydrogen-bond acceptors (Lipinski definition) is 10. The molecule has 6 N–H and O–H groups in total. The monoisotopic (exact) mass is 577 g/mol. The first-order chi connectivity index (χ1) is 20.1. The molecule has 2 saturated carbocycles. The van der Waals surface area contributed by atoms with Crippen LogP contribution in [0.2, 0.25) is 0 Å². The number of rotatable bonds is 11. The molecule has 41 heavy (non-hydrogen) atoms. The van der Waals surface area contributed by atoms with E-state index in [9.17, 15) is 9.90 Å². The Balaban J connectivity index is 0.917. The predicted molar refractivity (Wildman–Crippen MR) is 157 cm³/mol. The van der Waals surface area contributed by atoms with Gasteiger partial charge in [-0.3, -0.25) is 25.6 Å². The normalized spacial score (nSPS) is 38.2. The first kappa shape index (κ1) is 30.1. The highest BCUT2D eigenvalue weighted by atomic mass is 16.5. The minimum atomic E-state index is -0.537. The van der Waals surface area contributed by atoms with Crippen molar-refractivity contribution in [3.05, 3.63) is 0 Å². The molecule has 0 aromatic carbocycles. The van der Waals surface area contributed by atoms with Gasteiger partial charge in [0.05, 0.1) is 44.0 Å². The highest BCUT2D eigenvalue weighted by Crippen LogP contribution is 2.37. The molecule has 0 aromatic heterocycles. The average Bonchev–Trinajstić information content (AvgIpc) is 3.51. The van der Waals surface area contributed by atoms with Crippen LogP contribution in [-0.2, 0) is 14.3 Å². The number of piperidine rings is 2. The van der Waals surface area contributed by atoms with Gasteiger partial charge in [0.2, 0.25) is 5.91 Å². The largest absolute Gasteiger partial charge is 0.390 e. The summed E-state index contributed by atoms with van der Waals surface area (Å²) in [5, 5.41) is 28.3. The van der Waals surface area contributed by atoms with E-state index in [1.807, 2.05) is 0 Å². The van der Waals surface area contributed by atoms with E-state index in [0.717, 1.165) is 77.4 Å². The van der Waals surface area contributed by atoms with Crippen molar-refractivity contribution in [2.45, 2.75) is 94.5 Å². The quantitative estimate of drug-likeness (QED) is 0.194. The summed E-state index contributed by atoms with van der Waals surface area (Å²) in [6.45, 7) is 9.30. The molecule has 0 bridgehead atoms. The van der Waals surface area contributed by atoms with E-state index < -0.39 is 6.10 Å². The molecule has 4 aliphatic heterocycles. The van der Waals surface area contributed by atoms with Crippen LogP contribution in [0.15, 0.2) is 0 Å². The molecular weight excluding hydrogens is 522 g/mol. The van der Waals surface area contributed by atoms with Gasteiger partial charge in [-0.05, 0) is 69.7 Å². The van der Waals surface area contributed by atoms with E-state index in [2.05, 4.69) is 36.4 Å². The summed E-state index contributed by atoms with van der Waals surface area (Å²) in [6, 6.07) is 0.579. The van der Waals surface area contributed by atoms with Gasteiger partial charge in [0.15, 0.2) is 0 Å². The molecule has 0 radical (unpaired) electrons. The molecule has 234 valence electrons. The maximum Gasteiger partial charge on any atom is 0.223 e. The summed E-state index contributed by atoms with van der Waals surface area (Å²) in [6.07, 6.45) is 10.5. The highest BCUT2D eigenvalue weighted by molar-refractivity contribution is 5.78. The van der Waals surface area contributed by atoms with Gasteiger partial charge in [-0.2, -0.15) is 0 Å². The number of ether oxygens (including phenoxy) is 2. The van der Waals surface area contributed by atoms with Crippen LogP contribution < -0.4 is 26.6 Å². The Morgan fingerprint density at radius 1 is 1.02 bits per heavy atom. The zero-order valence-corrected chi connectivity index (χ0v) is 24.9. The van der Waals surface area contributed by atoms with Crippen molar-refractivity contribution in [3.8, 4) is 0 Å². The molecule has 6 fully saturated rings. The molecule has 11 nitrogen and oxygen atoms in total. The van der Waals surface area contributed by atoms with E-state index >= 15 is 0 Å². The summed E-state index contributed by atoms with van der Waals surface area (Å²) in [5.74, 6) is 1.47. The molecule has 4 saturated heterocycles. The zero-order valence-electron chi connectivity index (χ0n) is 24.9. The number of nitrogens with zero attached hydrogens (tertiary/aromatic N) is 2. The van der Waals surface area contributed by atoms with Crippen molar-refractivity contribution in [2.75, 3.05) is 72.2 Å². The molecule has 1 amide bonds. The second-order valence-electron chi connectivity index (χ2n) is 13.6. The summed E-state index contributed by atoms with van der Waals surface area (Å²) in [7, 11) is 0. The SMILES string of the molecule is O=C(NC[C@H](O)CN1CCC2CC(OCC3CNCO3)CCC2C1)C1CC(NC2CCC2)NC(N2CCNCC2)C1. The Kier molecular flexibility index (Phi) is 10.8. The Hall–Kier alpha value is -0.890. The molecule has 8 atom stereocenters. The molecule has 2 aliphatic carbocycles. The van der Waals surface area contributed by atoms with Crippen LogP contribution in [0.4, 0.5) is 0 Å². The molecule has 0 spiro atoms. The smallest absolute Gasteiger partial charge is 0.223 e. The first-order valence-electron chi connectivity index (χ1n) is 16.7. The van der Waals surface area contributed by atoms with Crippen molar-refractivity contribution in [2.24, 2.45) is 17.8 Å². The van der Waals surface area contributed by atoms with E-state index in [-0.39, 0.29) is 30.3 Å². The van der Waals surface area contributed by atoms with E-state index in [0.29, 0.717) is 44.5 Å². The summed E-state index contributed by atoms with van der Waals surface area (Å²) < 4.78 is 11.8. The van der Waals surface area contributed by atoms with Crippen LogP contribution >= 0.6 is 0 Å². The molecule has 0 aromatic rings. The number of likely N-dealkylation sites (tertiary alicyclic amines) is 1. The van der Waals surface area contributed by atoms with Crippen LogP contribution in [0.25, 0.3) is 0 Å². The Morgan fingerprint density at radius 2 is 1.90 bits per heavy atom. The van der Waals surface area contributed by atoms with Crippen molar-refractivity contribution in [1.82, 2.24) is 36.4 Å². The van der Waals surface area contributed by atoms with Crippen LogP contribution in [0.3, 0.4) is 0 Å². The Morgan fingerprint density at radius 3 is 2.68 bits per heavy atom. The third kappa shape index (κ3) is 8.39. The van der Waals surface area contributed by atoms with Gasteiger partial charge in [0, 0.05) is 64.3 Å². The fraction of sp³-hybridized carbons (Fsp3) is 0.967. The highest BCUT2D eigenvalue weighted by Gasteiger charge is 2.38. The maximum atomic E-state index is 13.3. The minimum absolute atomic E-state index is 0.0365. The molecular formula is C30H55N7O4. The molecule has 6 aliphatic rings. The number of β-amino-alcohol motifs (C(OH)–C–C–N with tert-alkyl or cyclic N) is 1. The number of carbonyl (C=O) groups excluding carboxylic acids is 1. The Labute approximate surface area is 246 Å². The van der Waals surface area contributed by atoms with Crippen molar-refractivity contribution in [3.63, 3.8) is 0 Å². The summed E-state index contributed by atoms with van der Waals surface area (Å²) in [5.41, 5.74) is 0. The number of nitrogens with one attached hydrogen (secondary N) is 5. The van der Waals surface area contributed by atoms with E-state index in [1.54, 1.807) is 0 Å². The molecule has 6 rings (SSSR count). The lowest BCUT2D eigenvalue weighted by molar-refractivity contribution is -0.128. The number of fused-ring (bicyclic) bond motifs is 1. The zero-order chi connectivity index (χ0) is 28.0. The number of aliphatic hydroxyl groups excluding tert-OH is 1. The fourth-order valence-corrected chi connectivity index (χ4v) is 7.95. The Bertz CT molecular complexity index is 823. The van der Waals surface area contributed by atoms with Crippen molar-refractivity contribution < 1.29 is 19.4 Å². The standard InChI is InChI=1S/C30H55N7O4/c38-25(18-36-9-6-21-12-26(5-4-22(21)17-36)40-19-27-16-32-20-41-27)15-33-30(39)23-13-28(34-24-2-1-3-24)35-29(14-23)37-10-7-31-8-11-37/h21-29,31-32,34-35,38H,1-20H2,(H,33,39)/t21?,22?,23?,25-,26?,27?,28?,29?/m0/s1. The molecule has 7 unspecified atom stereocenters. The van der Waals surface area contributed by atoms with Crippen LogP contribution in [-0.4, -0.2) is 130 Å². The van der Waals surface area contributed by atoms with Crippen molar-refractivity contribution >= 4 is 5.91 Å². The third-order valence-corrected chi connectivity index (χ3v) is 10.6. The number of carbonyl (C=O) groups is 1. The number of amides is 1. The topological polar surface area (TPSA) is 122 Å². The van der Waals surface area contributed by atoms with Crippen LogP contribution in [0.5, 0.6) is 0 Å². The van der Waals surface area contributed by atoms with Gasteiger partial charge in [0.1, 0.15) is 0 Å². The third-order valence-electron chi connectivity index (χ3n) is 10.6. The maximum absolute atomic E-state index is 13.3. The lowest BCUT2D eigenvalue weighted by Crippen LogP contribution is -2.64. The second kappa shape index (κ2) is 14.7. The first-order valence-corrected chi connectivity index (χ1v) is 16.7. The summed E-state index contributed by atoms with van der Waals surface area (Å²) >= 11 is 0. The van der Waals surface area contributed by atoms with Gasteiger partial charge in [-0.1, -0.05) is 6.42 Å². The van der Waals surface area contributed by atoms with Crippen LogP contribution in [0.1, 0.15) is 57.8 Å². The predicted octanol–water partition coefficient (Wildman–Crippen LogP) is -0.384. The van der Waals surface area contributed by atoms with Gasteiger partial charge >= 0.3 is 0 Å². The van der Waals surface area contributed by atoms with E-state index in [4.69, 9.17) is 9.47 Å². The van der Waals surface area contributed by atoms with Gasteiger partial charge in [-0.15, -0.1) is 0 Å². The second-order valence-corrected chi connectivity index (χ2v) is 13.6. The van der Waals surface area contributed by atoms with E-state index in [1.165, 1.54) is 32.1 Å².